The fraction of sp³-hybridized carbons (Fsp3) is 0.375. The minimum atomic E-state index is -0.628. The van der Waals surface area contributed by atoms with Crippen molar-refractivity contribution in [2.45, 2.75) is 38.3 Å². The lowest BCUT2D eigenvalue weighted by atomic mass is 9.85. The van der Waals surface area contributed by atoms with Crippen LogP contribution in [0.2, 0.25) is 5.02 Å². The van der Waals surface area contributed by atoms with E-state index in [1.807, 2.05) is 24.3 Å². The van der Waals surface area contributed by atoms with Crippen LogP contribution in [-0.2, 0) is 16.0 Å². The maximum Gasteiger partial charge on any atom is 0.239 e. The molecular formula is C24H23ClN2O3. The topological polar surface area (TPSA) is 57.7 Å². The molecule has 0 aliphatic carbocycles. The summed E-state index contributed by atoms with van der Waals surface area (Å²) in [5.41, 5.74) is 2.27. The molecule has 0 unspecified atom stereocenters. The summed E-state index contributed by atoms with van der Waals surface area (Å²) in [6, 6.07) is 13.7. The Morgan fingerprint density at radius 2 is 1.67 bits per heavy atom. The van der Waals surface area contributed by atoms with Gasteiger partial charge >= 0.3 is 0 Å². The van der Waals surface area contributed by atoms with E-state index in [4.69, 9.17) is 11.6 Å². The molecule has 30 heavy (non-hydrogen) atoms. The molecule has 0 bridgehead atoms. The minimum Gasteiger partial charge on any atom is -0.292 e. The summed E-state index contributed by atoms with van der Waals surface area (Å²) in [4.78, 5) is 43.7. The number of ketones is 1. The van der Waals surface area contributed by atoms with Crippen LogP contribution in [0.25, 0.3) is 0 Å². The summed E-state index contributed by atoms with van der Waals surface area (Å²) >= 11 is 5.98. The van der Waals surface area contributed by atoms with Gasteiger partial charge in [0, 0.05) is 16.6 Å². The normalized spacial score (nSPS) is 28.1. The second-order valence-electron chi connectivity index (χ2n) is 8.35. The molecule has 0 saturated carbocycles. The lowest BCUT2D eigenvalue weighted by Gasteiger charge is -2.27. The molecule has 2 aromatic rings. The van der Waals surface area contributed by atoms with E-state index in [0.29, 0.717) is 16.3 Å². The highest BCUT2D eigenvalue weighted by molar-refractivity contribution is 6.30. The van der Waals surface area contributed by atoms with Crippen molar-refractivity contribution in [1.29, 1.82) is 0 Å². The molecule has 3 fully saturated rings. The van der Waals surface area contributed by atoms with Gasteiger partial charge in [-0.2, -0.15) is 0 Å². The first-order valence-electron chi connectivity index (χ1n) is 10.5. The number of hydrogen-bond acceptors (Lipinski definition) is 4. The highest BCUT2D eigenvalue weighted by Crippen LogP contribution is 2.48. The van der Waals surface area contributed by atoms with E-state index >= 15 is 0 Å². The Balaban J connectivity index is 1.52. The molecular weight excluding hydrogens is 400 g/mol. The minimum absolute atomic E-state index is 0.0485. The predicted octanol–water partition coefficient (Wildman–Crippen LogP) is 3.74. The maximum atomic E-state index is 13.5. The van der Waals surface area contributed by atoms with Crippen molar-refractivity contribution >= 4 is 34.9 Å². The van der Waals surface area contributed by atoms with Crippen LogP contribution in [0.15, 0.2) is 48.5 Å². The van der Waals surface area contributed by atoms with Gasteiger partial charge in [0.25, 0.3) is 0 Å². The van der Waals surface area contributed by atoms with Crippen molar-refractivity contribution in [3.05, 3.63) is 64.7 Å². The number of hydrogen-bond donors (Lipinski definition) is 0. The zero-order valence-corrected chi connectivity index (χ0v) is 17.5. The fourth-order valence-corrected chi connectivity index (χ4v) is 5.56. The summed E-state index contributed by atoms with van der Waals surface area (Å²) in [5, 5.41) is 0.559. The molecule has 154 valence electrons. The van der Waals surface area contributed by atoms with Crippen molar-refractivity contribution in [2.24, 2.45) is 11.8 Å². The van der Waals surface area contributed by atoms with Gasteiger partial charge in [-0.15, -0.1) is 0 Å². The molecule has 3 saturated heterocycles. The van der Waals surface area contributed by atoms with E-state index in [1.54, 1.807) is 24.3 Å². The summed E-state index contributed by atoms with van der Waals surface area (Å²) in [6.07, 6.45) is 2.67. The Labute approximate surface area is 180 Å². The third-order valence-corrected chi connectivity index (χ3v) is 7.10. The third-order valence-electron chi connectivity index (χ3n) is 6.85. The maximum absolute atomic E-state index is 13.5. The number of anilines is 1. The molecule has 4 atom stereocenters. The number of amides is 2. The van der Waals surface area contributed by atoms with E-state index in [9.17, 15) is 14.4 Å². The molecule has 3 aliphatic heterocycles. The summed E-state index contributed by atoms with van der Waals surface area (Å²) in [6.45, 7) is 2.81. The number of imide groups is 1. The number of Topliss-reactive ketones (excluding diaryl/α,β-unsaturated/α-hetero) is 1. The van der Waals surface area contributed by atoms with Gasteiger partial charge in [0.2, 0.25) is 11.8 Å². The van der Waals surface area contributed by atoms with Crippen LogP contribution in [0.3, 0.4) is 0 Å². The SMILES string of the molecule is CCc1ccc(N2C(=O)[C@H]3[C@H](C2=O)[C@@H](C(=O)c2ccc(Cl)cc2)N2CCC[C@H]32)cc1. The summed E-state index contributed by atoms with van der Waals surface area (Å²) in [5.74, 6) is -1.60. The van der Waals surface area contributed by atoms with Crippen molar-refractivity contribution < 1.29 is 14.4 Å². The molecule has 5 rings (SSSR count). The van der Waals surface area contributed by atoms with Gasteiger partial charge in [-0.1, -0.05) is 30.7 Å². The van der Waals surface area contributed by atoms with Crippen LogP contribution in [-0.4, -0.2) is 41.1 Å². The second kappa shape index (κ2) is 7.33. The molecule has 2 aromatic carbocycles. The number of benzene rings is 2. The molecule has 5 nitrogen and oxygen atoms in total. The van der Waals surface area contributed by atoms with Crippen molar-refractivity contribution in [1.82, 2.24) is 4.90 Å². The standard InChI is InChI=1S/C24H23ClN2O3/c1-2-14-5-11-17(12-6-14)27-23(29)19-18-4-3-13-26(18)21(20(19)24(27)30)22(28)15-7-9-16(25)10-8-15/h5-12,18-21H,2-4,13H2,1H3/t18-,19-,20+,21+/m1/s1. The molecule has 0 N–H and O–H groups in total. The average molecular weight is 423 g/mol. The van der Waals surface area contributed by atoms with E-state index < -0.39 is 17.9 Å². The first-order valence-corrected chi connectivity index (χ1v) is 10.9. The largest absolute Gasteiger partial charge is 0.292 e. The van der Waals surface area contributed by atoms with Crippen molar-refractivity contribution in [2.75, 3.05) is 11.4 Å². The van der Waals surface area contributed by atoms with E-state index in [2.05, 4.69) is 11.8 Å². The van der Waals surface area contributed by atoms with Crippen LogP contribution in [0.1, 0.15) is 35.7 Å². The number of fused-ring (bicyclic) bond motifs is 3. The zero-order chi connectivity index (χ0) is 21.0. The highest BCUT2D eigenvalue weighted by Gasteiger charge is 2.64. The molecule has 2 amide bonds. The van der Waals surface area contributed by atoms with E-state index in [1.165, 1.54) is 4.90 Å². The Hall–Kier alpha value is -2.50. The number of halogens is 1. The highest BCUT2D eigenvalue weighted by atomic mass is 35.5. The molecule has 0 spiro atoms. The van der Waals surface area contributed by atoms with Crippen LogP contribution in [0, 0.1) is 11.8 Å². The van der Waals surface area contributed by atoms with Gasteiger partial charge in [0.15, 0.2) is 5.78 Å². The number of rotatable bonds is 4. The van der Waals surface area contributed by atoms with Crippen molar-refractivity contribution in [3.63, 3.8) is 0 Å². The number of carbonyl (C=O) groups excluding carboxylic acids is 3. The Kier molecular flexibility index (Phi) is 4.75. The molecule has 6 heteroatoms. The number of nitrogens with zero attached hydrogens (tertiary/aromatic N) is 2. The summed E-state index contributed by atoms with van der Waals surface area (Å²) < 4.78 is 0. The van der Waals surface area contributed by atoms with Crippen LogP contribution in [0.4, 0.5) is 5.69 Å². The van der Waals surface area contributed by atoms with Crippen LogP contribution < -0.4 is 4.90 Å². The van der Waals surface area contributed by atoms with E-state index in [-0.39, 0.29) is 23.6 Å². The predicted molar refractivity (Wildman–Crippen MR) is 115 cm³/mol. The molecule has 3 heterocycles. The average Bonchev–Trinajstić information content (AvgIpc) is 3.40. The van der Waals surface area contributed by atoms with Crippen molar-refractivity contribution in [3.8, 4) is 0 Å². The first-order chi connectivity index (χ1) is 14.5. The first kappa shape index (κ1) is 19.5. The zero-order valence-electron chi connectivity index (χ0n) is 16.8. The van der Waals surface area contributed by atoms with Crippen LogP contribution in [0.5, 0.6) is 0 Å². The lowest BCUT2D eigenvalue weighted by molar-refractivity contribution is -0.123. The summed E-state index contributed by atoms with van der Waals surface area (Å²) in [7, 11) is 0. The quantitative estimate of drug-likeness (QED) is 0.556. The Morgan fingerprint density at radius 1 is 1.00 bits per heavy atom. The number of aryl methyl sites for hydroxylation is 1. The molecule has 0 radical (unpaired) electrons. The lowest BCUT2D eigenvalue weighted by Crippen LogP contribution is -2.46. The second-order valence-corrected chi connectivity index (χ2v) is 8.78. The fourth-order valence-electron chi connectivity index (χ4n) is 5.44. The number of carbonyl (C=O) groups is 3. The van der Waals surface area contributed by atoms with Gasteiger partial charge in [-0.25, -0.2) is 4.90 Å². The third kappa shape index (κ3) is 2.83. The van der Waals surface area contributed by atoms with Gasteiger partial charge in [0.05, 0.1) is 23.6 Å². The van der Waals surface area contributed by atoms with Gasteiger partial charge in [-0.3, -0.25) is 19.3 Å². The molecule has 0 aromatic heterocycles. The van der Waals surface area contributed by atoms with Gasteiger partial charge in [-0.05, 0) is 67.8 Å². The van der Waals surface area contributed by atoms with Crippen LogP contribution >= 0.6 is 11.6 Å². The molecule has 3 aliphatic rings. The smallest absolute Gasteiger partial charge is 0.239 e. The monoisotopic (exact) mass is 422 g/mol. The van der Waals surface area contributed by atoms with E-state index in [0.717, 1.165) is 31.4 Å². The van der Waals surface area contributed by atoms with Gasteiger partial charge < -0.3 is 0 Å². The Morgan fingerprint density at radius 3 is 2.33 bits per heavy atom. The van der Waals surface area contributed by atoms with Gasteiger partial charge in [0.1, 0.15) is 0 Å². The Bertz CT molecular complexity index is 1020.